The molecule has 0 aliphatic rings. The van der Waals surface area contributed by atoms with Gasteiger partial charge in [-0.25, -0.2) is 0 Å². The lowest BCUT2D eigenvalue weighted by Crippen LogP contribution is -2.30. The first-order valence-electron chi connectivity index (χ1n) is 6.04. The fourth-order valence-electron chi connectivity index (χ4n) is 1.43. The van der Waals surface area contributed by atoms with Crippen LogP contribution in [0.25, 0.3) is 0 Å². The van der Waals surface area contributed by atoms with E-state index < -0.39 is 0 Å². The number of aliphatic hydroxyl groups is 1. The molecule has 0 fully saturated rings. The minimum atomic E-state index is 0.0697. The summed E-state index contributed by atoms with van der Waals surface area (Å²) >= 11 is 0. The van der Waals surface area contributed by atoms with Gasteiger partial charge in [0.15, 0.2) is 0 Å². The third-order valence-corrected chi connectivity index (χ3v) is 2.88. The number of carbonyl (C=O) groups is 1. The highest BCUT2D eigenvalue weighted by atomic mass is 16.5. The number of hydrogen-bond acceptors (Lipinski definition) is 3. The minimum Gasteiger partial charge on any atom is -0.396 e. The molecule has 2 N–H and O–H groups in total. The van der Waals surface area contributed by atoms with Crippen LogP contribution in [0.5, 0.6) is 0 Å². The second-order valence-corrected chi connectivity index (χ2v) is 4.18. The van der Waals surface area contributed by atoms with E-state index in [1.165, 1.54) is 0 Å². The third-order valence-electron chi connectivity index (χ3n) is 2.88. The first kappa shape index (κ1) is 15.4. The van der Waals surface area contributed by atoms with Gasteiger partial charge in [-0.05, 0) is 25.7 Å². The van der Waals surface area contributed by atoms with Crippen molar-refractivity contribution in [1.82, 2.24) is 5.32 Å². The summed E-state index contributed by atoms with van der Waals surface area (Å²) in [7, 11) is 1.65. The molecule has 0 saturated heterocycles. The molecule has 0 aromatic carbocycles. The highest BCUT2D eigenvalue weighted by Crippen LogP contribution is 2.06. The molecule has 0 radical (unpaired) electrons. The maximum Gasteiger partial charge on any atom is 0.220 e. The molecule has 96 valence electrons. The van der Waals surface area contributed by atoms with Crippen molar-refractivity contribution in [1.29, 1.82) is 0 Å². The van der Waals surface area contributed by atoms with Gasteiger partial charge in [-0.15, -0.1) is 0 Å². The Morgan fingerprint density at radius 1 is 1.44 bits per heavy atom. The van der Waals surface area contributed by atoms with Gasteiger partial charge in [-0.2, -0.15) is 0 Å². The third kappa shape index (κ3) is 7.65. The predicted molar refractivity (Wildman–Crippen MR) is 64.2 cm³/mol. The fourth-order valence-corrected chi connectivity index (χ4v) is 1.43. The van der Waals surface area contributed by atoms with Crippen LogP contribution < -0.4 is 5.32 Å². The Morgan fingerprint density at radius 3 is 2.62 bits per heavy atom. The van der Waals surface area contributed by atoms with Crippen molar-refractivity contribution in [2.75, 3.05) is 20.3 Å². The Balaban J connectivity index is 3.62. The van der Waals surface area contributed by atoms with E-state index in [0.717, 1.165) is 19.3 Å². The topological polar surface area (TPSA) is 58.6 Å². The highest BCUT2D eigenvalue weighted by Gasteiger charge is 2.09. The van der Waals surface area contributed by atoms with Crippen molar-refractivity contribution in [3.8, 4) is 0 Å². The summed E-state index contributed by atoms with van der Waals surface area (Å²) in [6, 6.07) is 0. The average molecular weight is 231 g/mol. The SMILES string of the molecule is CCC(CCO)CNC(=O)CCC(C)OC. The van der Waals surface area contributed by atoms with Gasteiger partial charge in [0.05, 0.1) is 6.10 Å². The molecule has 16 heavy (non-hydrogen) atoms. The van der Waals surface area contributed by atoms with Gasteiger partial charge >= 0.3 is 0 Å². The molecular formula is C12H25NO3. The van der Waals surface area contributed by atoms with Gasteiger partial charge in [0.1, 0.15) is 0 Å². The van der Waals surface area contributed by atoms with Crippen LogP contribution in [0.2, 0.25) is 0 Å². The molecule has 4 nitrogen and oxygen atoms in total. The number of carbonyl (C=O) groups excluding carboxylic acids is 1. The first-order chi connectivity index (χ1) is 7.63. The molecular weight excluding hydrogens is 206 g/mol. The number of methoxy groups -OCH3 is 1. The largest absolute Gasteiger partial charge is 0.396 e. The lowest BCUT2D eigenvalue weighted by atomic mass is 10.0. The van der Waals surface area contributed by atoms with E-state index in [4.69, 9.17) is 9.84 Å². The van der Waals surface area contributed by atoms with E-state index >= 15 is 0 Å². The molecule has 1 amide bonds. The number of hydrogen-bond donors (Lipinski definition) is 2. The van der Waals surface area contributed by atoms with E-state index in [1.54, 1.807) is 7.11 Å². The van der Waals surface area contributed by atoms with E-state index in [2.05, 4.69) is 12.2 Å². The van der Waals surface area contributed by atoms with Crippen LogP contribution in [0.4, 0.5) is 0 Å². The summed E-state index contributed by atoms with van der Waals surface area (Å²) in [5.74, 6) is 0.453. The van der Waals surface area contributed by atoms with Crippen molar-refractivity contribution in [2.45, 2.75) is 45.6 Å². The first-order valence-corrected chi connectivity index (χ1v) is 6.04. The Hall–Kier alpha value is -0.610. The van der Waals surface area contributed by atoms with Crippen LogP contribution in [-0.2, 0) is 9.53 Å². The summed E-state index contributed by atoms with van der Waals surface area (Å²) in [5.41, 5.74) is 0. The maximum atomic E-state index is 11.5. The second-order valence-electron chi connectivity index (χ2n) is 4.18. The Morgan fingerprint density at radius 2 is 2.12 bits per heavy atom. The van der Waals surface area contributed by atoms with Crippen molar-refractivity contribution < 1.29 is 14.6 Å². The van der Waals surface area contributed by atoms with Crippen LogP contribution in [0, 0.1) is 5.92 Å². The maximum absolute atomic E-state index is 11.5. The predicted octanol–water partition coefficient (Wildman–Crippen LogP) is 1.33. The summed E-state index contributed by atoms with van der Waals surface area (Å²) in [6.07, 6.45) is 3.12. The molecule has 0 bridgehead atoms. The molecule has 0 saturated carbocycles. The van der Waals surface area contributed by atoms with E-state index in [9.17, 15) is 4.79 Å². The number of rotatable bonds is 9. The van der Waals surface area contributed by atoms with Crippen LogP contribution in [-0.4, -0.2) is 37.4 Å². The van der Waals surface area contributed by atoms with Gasteiger partial charge in [-0.3, -0.25) is 4.79 Å². The van der Waals surface area contributed by atoms with E-state index in [1.807, 2.05) is 6.92 Å². The van der Waals surface area contributed by atoms with E-state index in [0.29, 0.717) is 18.9 Å². The van der Waals surface area contributed by atoms with Crippen molar-refractivity contribution in [3.05, 3.63) is 0 Å². The van der Waals surface area contributed by atoms with E-state index in [-0.39, 0.29) is 18.6 Å². The molecule has 4 heteroatoms. The number of aliphatic hydroxyl groups excluding tert-OH is 1. The Kier molecular flexibility index (Phi) is 9.24. The zero-order valence-electron chi connectivity index (χ0n) is 10.7. The van der Waals surface area contributed by atoms with Gasteiger partial charge in [0, 0.05) is 26.7 Å². The van der Waals surface area contributed by atoms with Crippen LogP contribution in [0.3, 0.4) is 0 Å². The van der Waals surface area contributed by atoms with Crippen LogP contribution in [0.1, 0.15) is 39.5 Å². The molecule has 0 aliphatic carbocycles. The standard InChI is InChI=1S/C12H25NO3/c1-4-11(7-8-14)9-13-12(15)6-5-10(2)16-3/h10-11,14H,4-9H2,1-3H3,(H,13,15). The molecule has 0 aliphatic heterocycles. The summed E-state index contributed by atoms with van der Waals surface area (Å²) < 4.78 is 5.07. The molecule has 2 atom stereocenters. The summed E-state index contributed by atoms with van der Waals surface area (Å²) in [6.45, 7) is 4.87. The van der Waals surface area contributed by atoms with Gasteiger partial charge in [0.25, 0.3) is 0 Å². The monoisotopic (exact) mass is 231 g/mol. The lowest BCUT2D eigenvalue weighted by Gasteiger charge is -2.15. The second kappa shape index (κ2) is 9.60. The zero-order valence-corrected chi connectivity index (χ0v) is 10.7. The lowest BCUT2D eigenvalue weighted by molar-refractivity contribution is -0.121. The number of ether oxygens (including phenoxy) is 1. The number of nitrogens with one attached hydrogen (secondary N) is 1. The van der Waals surface area contributed by atoms with Gasteiger partial charge in [0.2, 0.25) is 5.91 Å². The quantitative estimate of drug-likeness (QED) is 0.629. The van der Waals surface area contributed by atoms with Crippen molar-refractivity contribution in [2.24, 2.45) is 5.92 Å². The smallest absolute Gasteiger partial charge is 0.220 e. The molecule has 2 unspecified atom stereocenters. The summed E-state index contributed by atoms with van der Waals surface area (Å²) in [4.78, 5) is 11.5. The molecule has 0 aromatic heterocycles. The highest BCUT2D eigenvalue weighted by molar-refractivity contribution is 5.75. The van der Waals surface area contributed by atoms with Crippen molar-refractivity contribution in [3.63, 3.8) is 0 Å². The fraction of sp³-hybridized carbons (Fsp3) is 0.917. The van der Waals surface area contributed by atoms with Gasteiger partial charge < -0.3 is 15.2 Å². The zero-order chi connectivity index (χ0) is 12.4. The molecule has 0 rings (SSSR count). The van der Waals surface area contributed by atoms with Gasteiger partial charge in [-0.1, -0.05) is 13.3 Å². The minimum absolute atomic E-state index is 0.0697. The summed E-state index contributed by atoms with van der Waals surface area (Å²) in [5, 5.41) is 11.7. The van der Waals surface area contributed by atoms with Crippen LogP contribution in [0.15, 0.2) is 0 Å². The number of amides is 1. The van der Waals surface area contributed by atoms with Crippen molar-refractivity contribution >= 4 is 5.91 Å². The average Bonchev–Trinajstić information content (AvgIpc) is 2.31. The molecule has 0 spiro atoms. The Bertz CT molecular complexity index is 185. The molecule has 0 heterocycles. The normalized spacial score (nSPS) is 14.5. The Labute approximate surface area is 98.4 Å². The van der Waals surface area contributed by atoms with Crippen LogP contribution >= 0.6 is 0 Å². The molecule has 0 aromatic rings.